The Labute approximate surface area is 222 Å². The van der Waals surface area contributed by atoms with Crippen molar-refractivity contribution in [3.05, 3.63) is 126 Å². The number of hydrogen-bond donors (Lipinski definition) is 0. The van der Waals surface area contributed by atoms with Crippen LogP contribution in [0.3, 0.4) is 0 Å². The Morgan fingerprint density at radius 3 is 1.89 bits per heavy atom. The average Bonchev–Trinajstić information content (AvgIpc) is 2.96. The molecule has 4 aromatic carbocycles. The van der Waals surface area contributed by atoms with Crippen molar-refractivity contribution in [1.82, 2.24) is 0 Å². The topological polar surface area (TPSA) is 18.5 Å². The molecule has 1 saturated heterocycles. The average molecular weight is 511 g/mol. The van der Waals surface area contributed by atoms with Crippen molar-refractivity contribution in [2.24, 2.45) is 0 Å². The van der Waals surface area contributed by atoms with Gasteiger partial charge in [0.2, 0.25) is 0 Å². The molecular formula is C32H30O2S2. The Bertz CT molecular complexity index is 1320. The number of allylic oxidation sites excluding steroid dienone is 2. The van der Waals surface area contributed by atoms with Gasteiger partial charge in [0.15, 0.2) is 0 Å². The number of methoxy groups -OCH3 is 2. The molecule has 36 heavy (non-hydrogen) atoms. The van der Waals surface area contributed by atoms with Crippen molar-refractivity contribution in [2.75, 3.05) is 25.7 Å². The number of ether oxygens (including phenoxy) is 2. The summed E-state index contributed by atoms with van der Waals surface area (Å²) in [6.07, 6.45) is 8.11. The largest absolute Gasteiger partial charge is 0.497 e. The fourth-order valence-corrected chi connectivity index (χ4v) is 7.62. The minimum atomic E-state index is -0.0935. The summed E-state index contributed by atoms with van der Waals surface area (Å²) < 4.78 is 10.7. The standard InChI is InChI=1S/C32H30O2S2/c1-33-29-16-11-25(12-17-29)31(26-13-18-30(34-2)19-14-26)9-5-20-32(35-21-6-22-36-32)28-15-10-24-7-3-4-8-27(24)23-28/h3-5,7-20,23H,6,21-22H2,1-2H3/b20-5+. The Morgan fingerprint density at radius 2 is 1.31 bits per heavy atom. The zero-order valence-electron chi connectivity index (χ0n) is 20.6. The molecule has 0 saturated carbocycles. The summed E-state index contributed by atoms with van der Waals surface area (Å²) in [6, 6.07) is 32.1. The minimum Gasteiger partial charge on any atom is -0.497 e. The quantitative estimate of drug-likeness (QED) is 0.232. The van der Waals surface area contributed by atoms with Crippen LogP contribution in [0.2, 0.25) is 0 Å². The minimum absolute atomic E-state index is 0.0935. The fourth-order valence-electron chi connectivity index (χ4n) is 4.48. The molecule has 0 atom stereocenters. The predicted molar refractivity (Wildman–Crippen MR) is 157 cm³/mol. The molecule has 0 aromatic heterocycles. The first-order valence-corrected chi connectivity index (χ1v) is 14.1. The maximum Gasteiger partial charge on any atom is 0.118 e. The molecule has 0 bridgehead atoms. The van der Waals surface area contributed by atoms with E-state index >= 15 is 0 Å². The maximum absolute atomic E-state index is 5.38. The van der Waals surface area contributed by atoms with Gasteiger partial charge in [-0.25, -0.2) is 0 Å². The summed E-state index contributed by atoms with van der Waals surface area (Å²) in [5.41, 5.74) is 4.82. The molecule has 0 aliphatic carbocycles. The van der Waals surface area contributed by atoms with Crippen LogP contribution in [0.4, 0.5) is 0 Å². The lowest BCUT2D eigenvalue weighted by Crippen LogP contribution is -2.20. The molecule has 1 fully saturated rings. The smallest absolute Gasteiger partial charge is 0.118 e. The van der Waals surface area contributed by atoms with Crippen LogP contribution in [0.25, 0.3) is 16.3 Å². The van der Waals surface area contributed by atoms with Gasteiger partial charge < -0.3 is 9.47 Å². The highest BCUT2D eigenvalue weighted by atomic mass is 32.2. The van der Waals surface area contributed by atoms with Crippen LogP contribution >= 0.6 is 23.5 Å². The van der Waals surface area contributed by atoms with Gasteiger partial charge in [0.1, 0.15) is 15.6 Å². The molecule has 2 nitrogen and oxygen atoms in total. The second-order valence-electron chi connectivity index (χ2n) is 8.68. The summed E-state index contributed by atoms with van der Waals surface area (Å²) in [5, 5.41) is 2.58. The first kappa shape index (κ1) is 24.6. The molecule has 0 unspecified atom stereocenters. The van der Waals surface area contributed by atoms with Crippen LogP contribution in [0, 0.1) is 0 Å². The highest BCUT2D eigenvalue weighted by Gasteiger charge is 2.33. The highest BCUT2D eigenvalue weighted by Crippen LogP contribution is 2.52. The van der Waals surface area contributed by atoms with Crippen molar-refractivity contribution in [3.8, 4) is 11.5 Å². The molecule has 0 N–H and O–H groups in total. The van der Waals surface area contributed by atoms with Crippen LogP contribution in [0.5, 0.6) is 11.5 Å². The highest BCUT2D eigenvalue weighted by molar-refractivity contribution is 8.18. The number of rotatable bonds is 7. The first-order chi connectivity index (χ1) is 17.7. The molecule has 1 aliphatic heterocycles. The van der Waals surface area contributed by atoms with Crippen LogP contribution in [0.1, 0.15) is 23.1 Å². The fraction of sp³-hybridized carbons (Fsp3) is 0.188. The van der Waals surface area contributed by atoms with E-state index in [1.54, 1.807) is 14.2 Å². The Morgan fingerprint density at radius 1 is 0.722 bits per heavy atom. The predicted octanol–water partition coefficient (Wildman–Crippen LogP) is 8.57. The summed E-state index contributed by atoms with van der Waals surface area (Å²) in [4.78, 5) is 0. The van der Waals surface area contributed by atoms with Gasteiger partial charge in [-0.2, -0.15) is 0 Å². The summed E-state index contributed by atoms with van der Waals surface area (Å²) in [5.74, 6) is 4.04. The van der Waals surface area contributed by atoms with E-state index in [1.807, 2.05) is 47.8 Å². The SMILES string of the molecule is COc1ccc(C(=C/C=C/C2(c3ccc4ccccc4c3)SCCCS2)c2ccc(OC)cc2)cc1. The van der Waals surface area contributed by atoms with Crippen molar-refractivity contribution in [2.45, 2.75) is 10.5 Å². The van der Waals surface area contributed by atoms with E-state index in [9.17, 15) is 0 Å². The van der Waals surface area contributed by atoms with E-state index in [-0.39, 0.29) is 4.08 Å². The number of thioether (sulfide) groups is 2. The van der Waals surface area contributed by atoms with Gasteiger partial charge in [0.05, 0.1) is 14.2 Å². The van der Waals surface area contributed by atoms with Crippen molar-refractivity contribution in [3.63, 3.8) is 0 Å². The third-order valence-electron chi connectivity index (χ3n) is 6.45. The van der Waals surface area contributed by atoms with Crippen molar-refractivity contribution < 1.29 is 9.47 Å². The lowest BCUT2D eigenvalue weighted by molar-refractivity contribution is 0.414. The third-order valence-corrected chi connectivity index (χ3v) is 9.75. The summed E-state index contributed by atoms with van der Waals surface area (Å²) in [6.45, 7) is 0. The van der Waals surface area contributed by atoms with Crippen LogP contribution in [-0.4, -0.2) is 25.7 Å². The van der Waals surface area contributed by atoms with Crippen LogP contribution in [-0.2, 0) is 4.08 Å². The van der Waals surface area contributed by atoms with Crippen LogP contribution in [0.15, 0.2) is 109 Å². The molecule has 0 radical (unpaired) electrons. The molecule has 0 spiro atoms. The van der Waals surface area contributed by atoms with Gasteiger partial charge in [-0.1, -0.05) is 78.9 Å². The van der Waals surface area contributed by atoms with Gasteiger partial charge in [-0.3, -0.25) is 0 Å². The zero-order valence-corrected chi connectivity index (χ0v) is 22.3. The van der Waals surface area contributed by atoms with Crippen molar-refractivity contribution in [1.29, 1.82) is 0 Å². The Hall–Kier alpha value is -3.08. The number of benzene rings is 4. The Kier molecular flexibility index (Phi) is 7.74. The van der Waals surface area contributed by atoms with E-state index in [0.717, 1.165) is 39.7 Å². The third kappa shape index (κ3) is 5.35. The van der Waals surface area contributed by atoms with Crippen LogP contribution < -0.4 is 9.47 Å². The molecule has 0 amide bonds. The summed E-state index contributed by atoms with van der Waals surface area (Å²) in [7, 11) is 3.40. The lowest BCUT2D eigenvalue weighted by atomic mass is 9.97. The van der Waals surface area contributed by atoms with E-state index in [1.165, 1.54) is 22.8 Å². The molecule has 4 heteroatoms. The van der Waals surface area contributed by atoms with E-state index < -0.39 is 0 Å². The first-order valence-electron chi connectivity index (χ1n) is 12.2. The number of hydrogen-bond acceptors (Lipinski definition) is 4. The normalized spacial score (nSPS) is 15.1. The van der Waals surface area contributed by atoms with Gasteiger partial charge in [0.25, 0.3) is 0 Å². The van der Waals surface area contributed by atoms with E-state index in [4.69, 9.17) is 9.47 Å². The molecule has 1 heterocycles. The van der Waals surface area contributed by atoms with Gasteiger partial charge in [0, 0.05) is 0 Å². The zero-order chi connectivity index (χ0) is 24.8. The van der Waals surface area contributed by atoms with Crippen molar-refractivity contribution >= 4 is 39.9 Å². The molecule has 1 aliphatic rings. The molecular weight excluding hydrogens is 480 g/mol. The second-order valence-corrected chi connectivity index (χ2v) is 11.6. The maximum atomic E-state index is 5.38. The van der Waals surface area contributed by atoms with Gasteiger partial charge in [-0.15, -0.1) is 23.5 Å². The lowest BCUT2D eigenvalue weighted by Gasteiger charge is -2.34. The Balaban J connectivity index is 1.54. The van der Waals surface area contributed by atoms with Gasteiger partial charge in [-0.05, 0) is 81.3 Å². The van der Waals surface area contributed by atoms with E-state index in [2.05, 4.69) is 85.0 Å². The molecule has 5 rings (SSSR count). The summed E-state index contributed by atoms with van der Waals surface area (Å²) >= 11 is 4.08. The monoisotopic (exact) mass is 510 g/mol. The second kappa shape index (κ2) is 11.3. The molecule has 4 aromatic rings. The van der Waals surface area contributed by atoms with E-state index in [0.29, 0.717) is 0 Å². The molecule has 182 valence electrons. The van der Waals surface area contributed by atoms with Gasteiger partial charge >= 0.3 is 0 Å². The number of fused-ring (bicyclic) bond motifs is 1.